The van der Waals surface area contributed by atoms with Gasteiger partial charge in [-0.25, -0.2) is 0 Å². The zero-order valence-electron chi connectivity index (χ0n) is 19.5. The second kappa shape index (κ2) is 9.64. The van der Waals surface area contributed by atoms with Crippen LogP contribution in [0.2, 0.25) is 5.02 Å². The van der Waals surface area contributed by atoms with Gasteiger partial charge in [-0.05, 0) is 86.2 Å². The van der Waals surface area contributed by atoms with E-state index in [1.807, 2.05) is 54.7 Å². The first-order valence-corrected chi connectivity index (χ1v) is 12.8. The molecular weight excluding hydrogens is 544 g/mol. The molecule has 1 N–H and O–H groups in total. The maximum absolute atomic E-state index is 6.52. The molecule has 3 heterocycles. The molecule has 5 rings (SSSR count). The second-order valence-corrected chi connectivity index (χ2v) is 10.2. The maximum atomic E-state index is 6.52. The van der Waals surface area contributed by atoms with Crippen LogP contribution in [-0.2, 0) is 0 Å². The highest BCUT2D eigenvalue weighted by molar-refractivity contribution is 9.10. The van der Waals surface area contributed by atoms with Gasteiger partial charge in [0.25, 0.3) is 0 Å². The Balaban J connectivity index is 1.68. The lowest BCUT2D eigenvalue weighted by atomic mass is 9.96. The first kappa shape index (κ1) is 23.9. The summed E-state index contributed by atoms with van der Waals surface area (Å²) in [5.41, 5.74) is 6.36. The van der Waals surface area contributed by atoms with Crippen molar-refractivity contribution < 1.29 is 4.74 Å². The Bertz CT molecular complexity index is 1410. The van der Waals surface area contributed by atoms with Gasteiger partial charge >= 0.3 is 0 Å². The Morgan fingerprint density at radius 2 is 1.86 bits per heavy atom. The third-order valence-corrected chi connectivity index (χ3v) is 7.47. The van der Waals surface area contributed by atoms with Crippen LogP contribution in [0.5, 0.6) is 5.75 Å². The van der Waals surface area contributed by atoms with E-state index < -0.39 is 0 Å². The van der Waals surface area contributed by atoms with Crippen LogP contribution in [0.3, 0.4) is 0 Å². The number of hydrogen-bond donors (Lipinski definition) is 1. The Hall–Kier alpha value is -2.87. The van der Waals surface area contributed by atoms with Gasteiger partial charge in [0.2, 0.25) is 0 Å². The number of ether oxygens (including phenoxy) is 1. The number of methoxy groups -OCH3 is 1. The summed E-state index contributed by atoms with van der Waals surface area (Å²) in [6.07, 6.45) is 1.81. The third-order valence-electron chi connectivity index (χ3n) is 6.37. The number of rotatable bonds is 5. The molecule has 1 saturated heterocycles. The molecule has 0 saturated carbocycles. The number of nitrogens with one attached hydrogen (secondary N) is 1. The predicted octanol–water partition coefficient (Wildman–Crippen LogP) is 7.09. The molecule has 1 aliphatic rings. The van der Waals surface area contributed by atoms with Crippen molar-refractivity contribution in [2.24, 2.45) is 0 Å². The van der Waals surface area contributed by atoms with Gasteiger partial charge in [-0.2, -0.15) is 0 Å². The first-order valence-electron chi connectivity index (χ1n) is 11.2. The Morgan fingerprint density at radius 3 is 2.54 bits per heavy atom. The number of halogens is 2. The molecule has 2 aromatic carbocycles. The van der Waals surface area contributed by atoms with Crippen molar-refractivity contribution in [2.75, 3.05) is 12.0 Å². The van der Waals surface area contributed by atoms with Crippen molar-refractivity contribution in [3.63, 3.8) is 0 Å². The van der Waals surface area contributed by atoms with Crippen molar-refractivity contribution >= 4 is 50.5 Å². The normalized spacial score (nSPS) is 17.5. The SMILES string of the molecule is COc1ccc(N2C(=S)N[C@H](c3ccccn3)[C@@H]2c2cc(C)n(-c3cccc(Br)c3)c2C)cc1Cl. The van der Waals surface area contributed by atoms with Crippen molar-refractivity contribution in [3.05, 3.63) is 105 Å². The van der Waals surface area contributed by atoms with Gasteiger partial charge in [-0.15, -0.1) is 0 Å². The number of aromatic nitrogens is 2. The van der Waals surface area contributed by atoms with E-state index in [1.54, 1.807) is 7.11 Å². The topological polar surface area (TPSA) is 42.3 Å². The maximum Gasteiger partial charge on any atom is 0.174 e. The van der Waals surface area contributed by atoms with E-state index in [2.05, 4.69) is 67.7 Å². The van der Waals surface area contributed by atoms with Gasteiger partial charge in [-0.1, -0.05) is 39.7 Å². The molecule has 4 aromatic rings. The molecule has 8 heteroatoms. The monoisotopic (exact) mass is 566 g/mol. The van der Waals surface area contributed by atoms with Crippen molar-refractivity contribution in [2.45, 2.75) is 25.9 Å². The van der Waals surface area contributed by atoms with Crippen LogP contribution in [0.4, 0.5) is 5.69 Å². The molecule has 35 heavy (non-hydrogen) atoms. The van der Waals surface area contributed by atoms with Crippen molar-refractivity contribution in [1.29, 1.82) is 0 Å². The lowest BCUT2D eigenvalue weighted by Gasteiger charge is -2.28. The molecule has 0 aliphatic carbocycles. The lowest BCUT2D eigenvalue weighted by molar-refractivity contribution is 0.415. The zero-order valence-corrected chi connectivity index (χ0v) is 22.7. The fraction of sp³-hybridized carbons (Fsp3) is 0.185. The fourth-order valence-corrected chi connectivity index (χ4v) is 5.84. The van der Waals surface area contributed by atoms with Crippen LogP contribution in [0.25, 0.3) is 5.69 Å². The van der Waals surface area contributed by atoms with Gasteiger partial charge in [0.1, 0.15) is 5.75 Å². The number of aryl methyl sites for hydroxylation is 1. The minimum atomic E-state index is -0.138. The lowest BCUT2D eigenvalue weighted by Crippen LogP contribution is -2.29. The molecule has 5 nitrogen and oxygen atoms in total. The molecule has 2 aromatic heterocycles. The summed E-state index contributed by atoms with van der Waals surface area (Å²) in [5, 5.41) is 4.68. The van der Waals surface area contributed by atoms with Crippen LogP contribution < -0.4 is 15.0 Å². The summed E-state index contributed by atoms with van der Waals surface area (Å²) >= 11 is 16.0. The smallest absolute Gasteiger partial charge is 0.174 e. The quantitative estimate of drug-likeness (QED) is 0.261. The molecule has 0 radical (unpaired) electrons. The molecule has 2 atom stereocenters. The molecule has 0 bridgehead atoms. The highest BCUT2D eigenvalue weighted by Gasteiger charge is 2.42. The van der Waals surface area contributed by atoms with Crippen molar-refractivity contribution in [3.8, 4) is 11.4 Å². The second-order valence-electron chi connectivity index (χ2n) is 8.46. The van der Waals surface area contributed by atoms with Crippen LogP contribution in [0.1, 0.15) is 34.7 Å². The third kappa shape index (κ3) is 4.33. The van der Waals surface area contributed by atoms with E-state index in [0.717, 1.165) is 38.5 Å². The zero-order chi connectivity index (χ0) is 24.7. The number of nitrogens with zero attached hydrogens (tertiary/aromatic N) is 3. The largest absolute Gasteiger partial charge is 0.495 e. The Labute approximate surface area is 223 Å². The summed E-state index contributed by atoms with van der Waals surface area (Å²) < 4.78 is 8.68. The van der Waals surface area contributed by atoms with Crippen molar-refractivity contribution in [1.82, 2.24) is 14.9 Å². The minimum Gasteiger partial charge on any atom is -0.495 e. The van der Waals surface area contributed by atoms with Gasteiger partial charge in [-0.3, -0.25) is 4.98 Å². The fourth-order valence-electron chi connectivity index (χ4n) is 4.85. The Kier molecular flexibility index (Phi) is 6.57. The van der Waals surface area contributed by atoms with Gasteiger partial charge in [0, 0.05) is 33.4 Å². The summed E-state index contributed by atoms with van der Waals surface area (Å²) in [5.74, 6) is 0.624. The molecule has 1 aliphatic heterocycles. The highest BCUT2D eigenvalue weighted by atomic mass is 79.9. The van der Waals surface area contributed by atoms with E-state index in [-0.39, 0.29) is 12.1 Å². The van der Waals surface area contributed by atoms with Crippen LogP contribution in [0, 0.1) is 13.8 Å². The minimum absolute atomic E-state index is 0.131. The summed E-state index contributed by atoms with van der Waals surface area (Å²) in [4.78, 5) is 6.80. The molecular formula is C27H24BrClN4OS. The average Bonchev–Trinajstić information content (AvgIpc) is 3.34. The molecule has 178 valence electrons. The predicted molar refractivity (Wildman–Crippen MR) is 149 cm³/mol. The molecule has 0 amide bonds. The Morgan fingerprint density at radius 1 is 1.03 bits per heavy atom. The average molecular weight is 568 g/mol. The number of anilines is 1. The summed E-state index contributed by atoms with van der Waals surface area (Å²) in [7, 11) is 1.61. The first-order chi connectivity index (χ1) is 16.9. The number of hydrogen-bond acceptors (Lipinski definition) is 3. The van der Waals surface area contributed by atoms with Crippen LogP contribution in [-0.4, -0.2) is 21.8 Å². The van der Waals surface area contributed by atoms with Gasteiger partial charge in [0.15, 0.2) is 5.11 Å². The van der Waals surface area contributed by atoms with E-state index >= 15 is 0 Å². The van der Waals surface area contributed by atoms with Gasteiger partial charge < -0.3 is 19.5 Å². The summed E-state index contributed by atoms with van der Waals surface area (Å²) in [6, 6.07) is 22.0. The van der Waals surface area contributed by atoms with Crippen LogP contribution >= 0.6 is 39.7 Å². The number of thiocarbonyl (C=S) groups is 1. The molecule has 1 fully saturated rings. The number of benzene rings is 2. The van der Waals surface area contributed by atoms with E-state index in [9.17, 15) is 0 Å². The van der Waals surface area contributed by atoms with Gasteiger partial charge in [0.05, 0.1) is 29.9 Å². The standard InChI is InChI=1S/C27H24BrClN4OS/c1-16-13-21(17(2)32(16)19-8-6-7-18(28)14-19)26-25(23-9-4-5-12-30-23)31-27(35)33(26)20-10-11-24(34-3)22(29)15-20/h4-15,25-26H,1-3H3,(H,31,35)/t25-,26+/m1/s1. The number of pyridine rings is 1. The summed E-state index contributed by atoms with van der Waals surface area (Å²) in [6.45, 7) is 4.28. The van der Waals surface area contributed by atoms with E-state index in [4.69, 9.17) is 28.6 Å². The van der Waals surface area contributed by atoms with E-state index in [0.29, 0.717) is 15.9 Å². The molecule has 0 unspecified atom stereocenters. The van der Waals surface area contributed by atoms with Crippen LogP contribution in [0.15, 0.2) is 77.4 Å². The highest BCUT2D eigenvalue weighted by Crippen LogP contribution is 2.45. The molecule has 0 spiro atoms. The van der Waals surface area contributed by atoms with E-state index in [1.165, 1.54) is 0 Å².